The van der Waals surface area contributed by atoms with Crippen LogP contribution >= 0.6 is 31.9 Å². The fourth-order valence-corrected chi connectivity index (χ4v) is 3.23. The Morgan fingerprint density at radius 1 is 1.04 bits per heavy atom. The van der Waals surface area contributed by atoms with Crippen molar-refractivity contribution in [1.29, 1.82) is 0 Å². The Hall–Kier alpha value is -2.25. The highest BCUT2D eigenvalue weighted by atomic mass is 79.9. The number of nitro benzene ring substituents is 1. The van der Waals surface area contributed by atoms with E-state index < -0.39 is 10.9 Å². The first-order chi connectivity index (χ1) is 11.5. The Kier molecular flexibility index (Phi) is 4.64. The average Bonchev–Trinajstić information content (AvgIpc) is 2.57. The summed E-state index contributed by atoms with van der Waals surface area (Å²) < 4.78 is 6.91. The fourth-order valence-electron chi connectivity index (χ4n) is 2.28. The smallest absolute Gasteiger partial charge is 0.350 e. The number of carbonyl (C=O) groups excluding carboxylic acids is 1. The predicted octanol–water partition coefficient (Wildman–Crippen LogP) is 5.49. The molecule has 0 aromatic heterocycles. The Bertz CT molecular complexity index is 972. The normalized spacial score (nSPS) is 10.6. The second kappa shape index (κ2) is 6.70. The van der Waals surface area contributed by atoms with Crippen LogP contribution in [0.5, 0.6) is 5.75 Å². The van der Waals surface area contributed by atoms with E-state index >= 15 is 0 Å². The fraction of sp³-hybridized carbons (Fsp3) is 0. The number of hydrogen-bond donors (Lipinski definition) is 0. The van der Waals surface area contributed by atoms with Crippen molar-refractivity contribution in [2.24, 2.45) is 0 Å². The molecule has 0 atom stereocenters. The van der Waals surface area contributed by atoms with E-state index in [1.165, 1.54) is 18.2 Å². The molecule has 0 heterocycles. The molecule has 0 unspecified atom stereocenters. The topological polar surface area (TPSA) is 69.4 Å². The molecule has 0 fully saturated rings. The maximum Gasteiger partial charge on any atom is 0.350 e. The maximum absolute atomic E-state index is 12.3. The van der Waals surface area contributed by atoms with Crippen LogP contribution < -0.4 is 4.74 Å². The molecule has 3 rings (SSSR count). The second-order valence-corrected chi connectivity index (χ2v) is 6.62. The molecule has 0 aliphatic carbocycles. The molecular formula is C17H9Br2NO4. The zero-order chi connectivity index (χ0) is 17.3. The number of ether oxygens (including phenoxy) is 1. The molecule has 0 aliphatic rings. The summed E-state index contributed by atoms with van der Waals surface area (Å²) in [7, 11) is 0. The monoisotopic (exact) mass is 449 g/mol. The van der Waals surface area contributed by atoms with Crippen molar-refractivity contribution < 1.29 is 14.5 Å². The van der Waals surface area contributed by atoms with Crippen molar-refractivity contribution in [2.75, 3.05) is 0 Å². The van der Waals surface area contributed by atoms with Gasteiger partial charge in [-0.1, -0.05) is 40.2 Å². The van der Waals surface area contributed by atoms with Gasteiger partial charge in [0, 0.05) is 10.5 Å². The van der Waals surface area contributed by atoms with Gasteiger partial charge in [-0.25, -0.2) is 4.79 Å². The van der Waals surface area contributed by atoms with Gasteiger partial charge in [-0.2, -0.15) is 0 Å². The third-order valence-corrected chi connectivity index (χ3v) is 4.72. The summed E-state index contributed by atoms with van der Waals surface area (Å²) in [6.07, 6.45) is 0. The van der Waals surface area contributed by atoms with E-state index in [9.17, 15) is 14.9 Å². The lowest BCUT2D eigenvalue weighted by Gasteiger charge is -2.09. The van der Waals surface area contributed by atoms with Crippen LogP contribution in [0.4, 0.5) is 5.69 Å². The van der Waals surface area contributed by atoms with Crippen LogP contribution in [-0.2, 0) is 0 Å². The molecule has 0 amide bonds. The van der Waals surface area contributed by atoms with Crippen LogP contribution in [0.2, 0.25) is 0 Å². The van der Waals surface area contributed by atoms with E-state index in [2.05, 4.69) is 31.9 Å². The summed E-state index contributed by atoms with van der Waals surface area (Å²) in [6, 6.07) is 14.8. The second-order valence-electron chi connectivity index (χ2n) is 4.91. The first-order valence-corrected chi connectivity index (χ1v) is 8.39. The summed E-state index contributed by atoms with van der Waals surface area (Å²) in [5.41, 5.74) is -0.381. The lowest BCUT2D eigenvalue weighted by Crippen LogP contribution is -2.11. The zero-order valence-corrected chi connectivity index (χ0v) is 15.2. The number of halogens is 2. The number of hydrogen-bond acceptors (Lipinski definition) is 4. The minimum Gasteiger partial charge on any atom is -0.422 e. The summed E-state index contributed by atoms with van der Waals surface area (Å²) in [6.45, 7) is 0. The minimum atomic E-state index is -0.778. The molecule has 3 aromatic carbocycles. The van der Waals surface area contributed by atoms with Crippen LogP contribution in [-0.4, -0.2) is 10.9 Å². The summed E-state index contributed by atoms with van der Waals surface area (Å²) >= 11 is 6.83. The standard InChI is InChI=1S/C17H9Br2NO4/c18-11-6-7-12-10(9-11)5-8-15(16(12)19)24-17(21)13-3-1-2-4-14(13)20(22)23/h1-9H. The van der Waals surface area contributed by atoms with E-state index in [0.29, 0.717) is 10.2 Å². The lowest BCUT2D eigenvalue weighted by molar-refractivity contribution is -0.385. The molecule has 0 aliphatic heterocycles. The Labute approximate surface area is 153 Å². The summed E-state index contributed by atoms with van der Waals surface area (Å²) in [4.78, 5) is 22.8. The van der Waals surface area contributed by atoms with Gasteiger partial charge in [0.25, 0.3) is 5.69 Å². The van der Waals surface area contributed by atoms with Crippen LogP contribution in [0.25, 0.3) is 10.8 Å². The number of fused-ring (bicyclic) bond motifs is 1. The number of esters is 1. The van der Waals surface area contributed by atoms with Gasteiger partial charge < -0.3 is 4.74 Å². The molecular weight excluding hydrogens is 442 g/mol. The SMILES string of the molecule is O=C(Oc1ccc2cc(Br)ccc2c1Br)c1ccccc1[N+](=O)[O-]. The van der Waals surface area contributed by atoms with E-state index in [1.54, 1.807) is 12.1 Å². The number of nitrogens with zero attached hydrogens (tertiary/aromatic N) is 1. The quantitative estimate of drug-likeness (QED) is 0.229. The average molecular weight is 451 g/mol. The highest BCUT2D eigenvalue weighted by molar-refractivity contribution is 9.11. The maximum atomic E-state index is 12.3. The molecule has 120 valence electrons. The first kappa shape index (κ1) is 16.6. The van der Waals surface area contributed by atoms with E-state index in [1.807, 2.05) is 24.3 Å². The van der Waals surface area contributed by atoms with Crippen LogP contribution in [0.1, 0.15) is 10.4 Å². The van der Waals surface area contributed by atoms with Crippen molar-refractivity contribution in [2.45, 2.75) is 0 Å². The number of benzene rings is 3. The number of rotatable bonds is 3. The predicted molar refractivity (Wildman–Crippen MR) is 97.4 cm³/mol. The Morgan fingerprint density at radius 2 is 1.79 bits per heavy atom. The highest BCUT2D eigenvalue weighted by Gasteiger charge is 2.22. The van der Waals surface area contributed by atoms with Gasteiger partial charge in [-0.3, -0.25) is 10.1 Å². The minimum absolute atomic E-state index is 0.0923. The molecule has 5 nitrogen and oxygen atoms in total. The largest absolute Gasteiger partial charge is 0.422 e. The Balaban J connectivity index is 1.98. The van der Waals surface area contributed by atoms with Gasteiger partial charge in [0.05, 0.1) is 9.40 Å². The van der Waals surface area contributed by atoms with Gasteiger partial charge in [-0.15, -0.1) is 0 Å². The van der Waals surface area contributed by atoms with Crippen molar-refractivity contribution in [3.8, 4) is 5.75 Å². The molecule has 7 heteroatoms. The number of carbonyl (C=O) groups is 1. The third kappa shape index (κ3) is 3.18. The molecule has 0 saturated carbocycles. The van der Waals surface area contributed by atoms with Gasteiger partial charge in [0.1, 0.15) is 11.3 Å². The van der Waals surface area contributed by atoms with Crippen molar-refractivity contribution in [3.05, 3.63) is 79.2 Å². The molecule has 0 bridgehead atoms. The van der Waals surface area contributed by atoms with E-state index in [0.717, 1.165) is 15.2 Å². The van der Waals surface area contributed by atoms with Crippen molar-refractivity contribution >= 4 is 54.3 Å². The van der Waals surface area contributed by atoms with Crippen LogP contribution in [0, 0.1) is 10.1 Å². The molecule has 24 heavy (non-hydrogen) atoms. The van der Waals surface area contributed by atoms with Crippen LogP contribution in [0.3, 0.4) is 0 Å². The highest BCUT2D eigenvalue weighted by Crippen LogP contribution is 2.35. The van der Waals surface area contributed by atoms with E-state index in [-0.39, 0.29) is 11.3 Å². The Morgan fingerprint density at radius 3 is 2.54 bits per heavy atom. The zero-order valence-electron chi connectivity index (χ0n) is 12.0. The van der Waals surface area contributed by atoms with Gasteiger partial charge >= 0.3 is 5.97 Å². The lowest BCUT2D eigenvalue weighted by atomic mass is 10.1. The number of para-hydroxylation sites is 1. The molecule has 0 radical (unpaired) electrons. The summed E-state index contributed by atoms with van der Waals surface area (Å²) in [5.74, 6) is -0.479. The molecule has 0 spiro atoms. The van der Waals surface area contributed by atoms with Crippen molar-refractivity contribution in [3.63, 3.8) is 0 Å². The van der Waals surface area contributed by atoms with Gasteiger partial charge in [-0.05, 0) is 51.0 Å². The van der Waals surface area contributed by atoms with Crippen molar-refractivity contribution in [1.82, 2.24) is 0 Å². The van der Waals surface area contributed by atoms with Gasteiger partial charge in [0.2, 0.25) is 0 Å². The summed E-state index contributed by atoms with van der Waals surface area (Å²) in [5, 5.41) is 12.9. The molecule has 0 N–H and O–H groups in total. The number of nitro groups is 1. The molecule has 0 saturated heterocycles. The molecule has 3 aromatic rings. The van der Waals surface area contributed by atoms with E-state index in [4.69, 9.17) is 4.74 Å². The van der Waals surface area contributed by atoms with Gasteiger partial charge in [0.15, 0.2) is 0 Å². The first-order valence-electron chi connectivity index (χ1n) is 6.81. The third-order valence-electron chi connectivity index (χ3n) is 3.40. The van der Waals surface area contributed by atoms with Crippen LogP contribution in [0.15, 0.2) is 63.5 Å².